The quantitative estimate of drug-likeness (QED) is 0.912. The molecule has 2 atom stereocenters. The first-order valence-corrected chi connectivity index (χ1v) is 7.94. The first-order chi connectivity index (χ1) is 9.89. The third-order valence-electron chi connectivity index (χ3n) is 5.17. The zero-order chi connectivity index (χ0) is 15.6. The van der Waals surface area contributed by atoms with Gasteiger partial charge in [0.25, 0.3) is 0 Å². The van der Waals surface area contributed by atoms with Crippen molar-refractivity contribution in [3.8, 4) is 0 Å². The molecule has 1 aliphatic heterocycles. The summed E-state index contributed by atoms with van der Waals surface area (Å²) in [7, 11) is 0. The summed E-state index contributed by atoms with van der Waals surface area (Å²) in [6, 6.07) is 6.81. The minimum absolute atomic E-state index is 0.274. The highest BCUT2D eigenvalue weighted by Crippen LogP contribution is 2.37. The van der Waals surface area contributed by atoms with E-state index in [4.69, 9.17) is 0 Å². The zero-order valence-corrected chi connectivity index (χ0v) is 13.6. The predicted molar refractivity (Wildman–Crippen MR) is 85.5 cm³/mol. The summed E-state index contributed by atoms with van der Waals surface area (Å²) in [6.45, 7) is 10.1. The molecule has 1 aliphatic rings. The highest BCUT2D eigenvalue weighted by Gasteiger charge is 2.42. The fourth-order valence-corrected chi connectivity index (χ4v) is 3.52. The van der Waals surface area contributed by atoms with Crippen molar-refractivity contribution in [1.82, 2.24) is 4.90 Å². The molecule has 116 valence electrons. The van der Waals surface area contributed by atoms with E-state index < -0.39 is 11.4 Å². The molecule has 0 aliphatic carbocycles. The molecule has 0 amide bonds. The molecule has 0 spiro atoms. The van der Waals surface area contributed by atoms with Crippen LogP contribution in [0.5, 0.6) is 0 Å². The number of carbonyl (C=O) groups is 1. The summed E-state index contributed by atoms with van der Waals surface area (Å²) in [5.74, 6) is -0.636. The number of rotatable bonds is 4. The number of hydrogen-bond donors (Lipinski definition) is 1. The van der Waals surface area contributed by atoms with E-state index in [2.05, 4.69) is 43.9 Å². The highest BCUT2D eigenvalue weighted by molar-refractivity contribution is 5.75. The molecule has 0 radical (unpaired) electrons. The number of aliphatic carboxylic acids is 1. The van der Waals surface area contributed by atoms with Crippen molar-refractivity contribution in [2.45, 2.75) is 53.0 Å². The lowest BCUT2D eigenvalue weighted by atomic mass is 9.77. The van der Waals surface area contributed by atoms with E-state index in [0.29, 0.717) is 13.0 Å². The fraction of sp³-hybridized carbons (Fsp3) is 0.611. The molecule has 0 saturated carbocycles. The molecule has 1 aromatic rings. The SMILES string of the molecule is CCC1(C(=O)O)CCCN(C(C)c2cc(C)ccc2C)C1. The van der Waals surface area contributed by atoms with Crippen molar-refractivity contribution >= 4 is 5.97 Å². The lowest BCUT2D eigenvalue weighted by Crippen LogP contribution is -2.48. The van der Waals surface area contributed by atoms with Gasteiger partial charge in [-0.25, -0.2) is 0 Å². The molecule has 1 N–H and O–H groups in total. The molecule has 3 nitrogen and oxygen atoms in total. The molecule has 1 fully saturated rings. The van der Waals surface area contributed by atoms with Gasteiger partial charge >= 0.3 is 5.97 Å². The average molecular weight is 289 g/mol. The number of piperidine rings is 1. The van der Waals surface area contributed by atoms with E-state index in [1.54, 1.807) is 0 Å². The van der Waals surface area contributed by atoms with Gasteiger partial charge in [-0.3, -0.25) is 9.69 Å². The molecule has 0 aromatic heterocycles. The maximum Gasteiger partial charge on any atom is 0.310 e. The fourth-order valence-electron chi connectivity index (χ4n) is 3.52. The van der Waals surface area contributed by atoms with Crippen LogP contribution in [0, 0.1) is 19.3 Å². The second kappa shape index (κ2) is 6.18. The molecule has 2 unspecified atom stereocenters. The van der Waals surface area contributed by atoms with Crippen LogP contribution in [-0.4, -0.2) is 29.1 Å². The smallest absolute Gasteiger partial charge is 0.310 e. The zero-order valence-electron chi connectivity index (χ0n) is 13.6. The number of likely N-dealkylation sites (tertiary alicyclic amines) is 1. The van der Waals surface area contributed by atoms with Gasteiger partial charge in [0, 0.05) is 12.6 Å². The van der Waals surface area contributed by atoms with Gasteiger partial charge in [-0.05, 0) is 57.7 Å². The van der Waals surface area contributed by atoms with Crippen molar-refractivity contribution in [1.29, 1.82) is 0 Å². The Morgan fingerprint density at radius 1 is 1.43 bits per heavy atom. The second-order valence-electron chi connectivity index (χ2n) is 6.55. The first kappa shape index (κ1) is 16.0. The summed E-state index contributed by atoms with van der Waals surface area (Å²) in [4.78, 5) is 14.1. The van der Waals surface area contributed by atoms with Crippen LogP contribution in [-0.2, 0) is 4.79 Å². The monoisotopic (exact) mass is 289 g/mol. The third-order valence-corrected chi connectivity index (χ3v) is 5.17. The highest BCUT2D eigenvalue weighted by atomic mass is 16.4. The maximum atomic E-state index is 11.7. The Labute approximate surface area is 128 Å². The summed E-state index contributed by atoms with van der Waals surface area (Å²) >= 11 is 0. The van der Waals surface area contributed by atoms with E-state index in [0.717, 1.165) is 19.4 Å². The molecular formula is C18H27NO2. The normalized spacial score (nSPS) is 24.8. The summed E-state index contributed by atoms with van der Waals surface area (Å²) < 4.78 is 0. The standard InChI is InChI=1S/C18H27NO2/c1-5-18(17(20)21)9-6-10-19(12-18)15(4)16-11-13(2)7-8-14(16)3/h7-8,11,15H,5-6,9-10,12H2,1-4H3,(H,20,21). The van der Waals surface area contributed by atoms with Gasteiger partial charge in [-0.1, -0.05) is 30.7 Å². The number of carboxylic acid groups (broad SMARTS) is 1. The van der Waals surface area contributed by atoms with Crippen LogP contribution < -0.4 is 0 Å². The van der Waals surface area contributed by atoms with Crippen LogP contribution in [0.2, 0.25) is 0 Å². The van der Waals surface area contributed by atoms with Crippen molar-refractivity contribution < 1.29 is 9.90 Å². The number of benzene rings is 1. The van der Waals surface area contributed by atoms with Gasteiger partial charge in [0.05, 0.1) is 5.41 Å². The van der Waals surface area contributed by atoms with Gasteiger partial charge in [-0.15, -0.1) is 0 Å². The Balaban J connectivity index is 2.25. The molecule has 3 heteroatoms. The number of hydrogen-bond acceptors (Lipinski definition) is 2. The summed E-state index contributed by atoms with van der Waals surface area (Å²) in [5.41, 5.74) is 3.31. The Morgan fingerprint density at radius 3 is 2.76 bits per heavy atom. The van der Waals surface area contributed by atoms with Crippen molar-refractivity contribution in [3.63, 3.8) is 0 Å². The summed E-state index contributed by atoms with van der Waals surface area (Å²) in [6.07, 6.45) is 2.47. The van der Waals surface area contributed by atoms with Gasteiger partial charge in [0.1, 0.15) is 0 Å². The molecule has 2 rings (SSSR count). The Morgan fingerprint density at radius 2 is 2.14 bits per heavy atom. The van der Waals surface area contributed by atoms with Gasteiger partial charge < -0.3 is 5.11 Å². The minimum Gasteiger partial charge on any atom is -0.481 e. The van der Waals surface area contributed by atoms with Crippen molar-refractivity contribution in [3.05, 3.63) is 34.9 Å². The second-order valence-corrected chi connectivity index (χ2v) is 6.55. The number of aryl methyl sites for hydroxylation is 2. The minimum atomic E-state index is -0.636. The lowest BCUT2D eigenvalue weighted by Gasteiger charge is -2.42. The molecular weight excluding hydrogens is 262 g/mol. The predicted octanol–water partition coefficient (Wildman–Crippen LogP) is 3.94. The van der Waals surface area contributed by atoms with E-state index in [1.165, 1.54) is 16.7 Å². The van der Waals surface area contributed by atoms with Gasteiger partial charge in [0.15, 0.2) is 0 Å². The Bertz CT molecular complexity index is 526. The Hall–Kier alpha value is -1.35. The molecule has 1 saturated heterocycles. The summed E-state index contributed by atoms with van der Waals surface area (Å²) in [5, 5.41) is 9.63. The molecule has 1 heterocycles. The third kappa shape index (κ3) is 3.13. The Kier molecular flexibility index (Phi) is 4.72. The molecule has 0 bridgehead atoms. The number of nitrogens with zero attached hydrogens (tertiary/aromatic N) is 1. The van der Waals surface area contributed by atoms with Crippen molar-refractivity contribution in [2.75, 3.05) is 13.1 Å². The topological polar surface area (TPSA) is 40.5 Å². The molecule has 1 aromatic carbocycles. The van der Waals surface area contributed by atoms with E-state index in [1.807, 2.05) is 6.92 Å². The average Bonchev–Trinajstić information content (AvgIpc) is 2.48. The van der Waals surface area contributed by atoms with Gasteiger partial charge in [0.2, 0.25) is 0 Å². The van der Waals surface area contributed by atoms with Crippen LogP contribution in [0.25, 0.3) is 0 Å². The van der Waals surface area contributed by atoms with Crippen LogP contribution in [0.3, 0.4) is 0 Å². The van der Waals surface area contributed by atoms with Crippen LogP contribution in [0.1, 0.15) is 55.8 Å². The van der Waals surface area contributed by atoms with E-state index in [-0.39, 0.29) is 6.04 Å². The number of carboxylic acids is 1. The van der Waals surface area contributed by atoms with Gasteiger partial charge in [-0.2, -0.15) is 0 Å². The van der Waals surface area contributed by atoms with Crippen molar-refractivity contribution in [2.24, 2.45) is 5.41 Å². The van der Waals surface area contributed by atoms with Crippen LogP contribution >= 0.6 is 0 Å². The van der Waals surface area contributed by atoms with Crippen LogP contribution in [0.15, 0.2) is 18.2 Å². The van der Waals surface area contributed by atoms with E-state index >= 15 is 0 Å². The van der Waals surface area contributed by atoms with E-state index in [9.17, 15) is 9.90 Å². The first-order valence-electron chi connectivity index (χ1n) is 7.94. The van der Waals surface area contributed by atoms with Crippen LogP contribution in [0.4, 0.5) is 0 Å². The maximum absolute atomic E-state index is 11.7. The molecule has 21 heavy (non-hydrogen) atoms. The largest absolute Gasteiger partial charge is 0.481 e. The lowest BCUT2D eigenvalue weighted by molar-refractivity contribution is -0.153.